The maximum absolute atomic E-state index is 12.7. The molecule has 0 bridgehead atoms. The highest BCUT2D eigenvalue weighted by molar-refractivity contribution is 6.04. The number of likely N-dealkylation sites (tertiary alicyclic amines) is 1. The first kappa shape index (κ1) is 14.0. The van der Waals surface area contributed by atoms with E-state index in [1.54, 1.807) is 4.90 Å². The fourth-order valence-corrected chi connectivity index (χ4v) is 3.06. The SMILES string of the molecule is CN(C)[C@@H]1CN(C(=O)c2n[nH]c3ccccc23)C[C@H]1CO. The van der Waals surface area contributed by atoms with Crippen LogP contribution in [0.2, 0.25) is 0 Å². The van der Waals surface area contributed by atoms with Crippen LogP contribution in [-0.4, -0.2) is 70.8 Å². The zero-order valence-electron chi connectivity index (χ0n) is 12.3. The summed E-state index contributed by atoms with van der Waals surface area (Å²) in [7, 11) is 3.95. The molecular weight excluding hydrogens is 268 g/mol. The standard InChI is InChI=1S/C15H20N4O2/c1-18(2)13-8-19(7-10(13)9-20)15(21)14-11-5-3-4-6-12(11)16-17-14/h3-6,10,13,20H,7-9H2,1-2H3,(H,16,17)/t10-,13+/m0/s1. The van der Waals surface area contributed by atoms with Gasteiger partial charge >= 0.3 is 0 Å². The maximum Gasteiger partial charge on any atom is 0.275 e. The van der Waals surface area contributed by atoms with E-state index in [0.29, 0.717) is 18.8 Å². The van der Waals surface area contributed by atoms with Crippen molar-refractivity contribution < 1.29 is 9.90 Å². The number of hydrogen-bond donors (Lipinski definition) is 2. The van der Waals surface area contributed by atoms with Crippen LogP contribution in [0.3, 0.4) is 0 Å². The van der Waals surface area contributed by atoms with E-state index < -0.39 is 0 Å². The lowest BCUT2D eigenvalue weighted by molar-refractivity contribution is 0.0775. The van der Waals surface area contributed by atoms with E-state index in [-0.39, 0.29) is 24.5 Å². The third kappa shape index (κ3) is 2.41. The van der Waals surface area contributed by atoms with Crippen molar-refractivity contribution in [2.75, 3.05) is 33.8 Å². The molecule has 1 aromatic heterocycles. The Kier molecular flexibility index (Phi) is 3.65. The number of aliphatic hydroxyl groups is 1. The number of carbonyl (C=O) groups excluding carboxylic acids is 1. The van der Waals surface area contributed by atoms with Crippen LogP contribution in [0.1, 0.15) is 10.5 Å². The topological polar surface area (TPSA) is 72.5 Å². The predicted molar refractivity (Wildman–Crippen MR) is 80.0 cm³/mol. The molecule has 3 rings (SSSR count). The van der Waals surface area contributed by atoms with E-state index in [4.69, 9.17) is 0 Å². The van der Waals surface area contributed by atoms with Gasteiger partial charge in [-0.25, -0.2) is 0 Å². The number of nitrogens with zero attached hydrogens (tertiary/aromatic N) is 3. The molecule has 0 radical (unpaired) electrons. The lowest BCUT2D eigenvalue weighted by Gasteiger charge is -2.23. The van der Waals surface area contributed by atoms with Gasteiger partial charge < -0.3 is 14.9 Å². The van der Waals surface area contributed by atoms with E-state index in [1.807, 2.05) is 38.4 Å². The number of para-hydroxylation sites is 1. The van der Waals surface area contributed by atoms with Crippen LogP contribution in [0.15, 0.2) is 24.3 Å². The van der Waals surface area contributed by atoms with Gasteiger partial charge in [0.1, 0.15) is 0 Å². The minimum absolute atomic E-state index is 0.0738. The maximum atomic E-state index is 12.7. The third-order valence-electron chi connectivity index (χ3n) is 4.26. The van der Waals surface area contributed by atoms with Crippen LogP contribution < -0.4 is 0 Å². The molecule has 2 N–H and O–H groups in total. The van der Waals surface area contributed by atoms with Gasteiger partial charge in [-0.05, 0) is 20.2 Å². The van der Waals surface area contributed by atoms with Crippen LogP contribution in [0, 0.1) is 5.92 Å². The van der Waals surface area contributed by atoms with Crippen molar-refractivity contribution >= 4 is 16.8 Å². The molecule has 2 atom stereocenters. The fourth-order valence-electron chi connectivity index (χ4n) is 3.06. The zero-order chi connectivity index (χ0) is 15.0. The van der Waals surface area contributed by atoms with Crippen LogP contribution in [0.5, 0.6) is 0 Å². The normalized spacial score (nSPS) is 22.4. The van der Waals surface area contributed by atoms with Crippen molar-refractivity contribution in [3.05, 3.63) is 30.0 Å². The number of benzene rings is 1. The largest absolute Gasteiger partial charge is 0.396 e. The first-order valence-electron chi connectivity index (χ1n) is 7.11. The summed E-state index contributed by atoms with van der Waals surface area (Å²) in [6, 6.07) is 7.80. The lowest BCUT2D eigenvalue weighted by Crippen LogP contribution is -2.37. The summed E-state index contributed by atoms with van der Waals surface area (Å²) in [5.41, 5.74) is 1.32. The Morgan fingerprint density at radius 2 is 2.19 bits per heavy atom. The molecule has 1 saturated heterocycles. The number of fused-ring (bicyclic) bond motifs is 1. The van der Waals surface area contributed by atoms with Crippen molar-refractivity contribution in [2.24, 2.45) is 5.92 Å². The molecule has 112 valence electrons. The number of rotatable bonds is 3. The minimum Gasteiger partial charge on any atom is -0.396 e. The van der Waals surface area contributed by atoms with E-state index in [1.165, 1.54) is 0 Å². The van der Waals surface area contributed by atoms with Gasteiger partial charge in [0, 0.05) is 37.0 Å². The Labute approximate surface area is 123 Å². The lowest BCUT2D eigenvalue weighted by atomic mass is 10.0. The molecule has 2 heterocycles. The number of aromatic nitrogens is 2. The molecule has 1 aliphatic heterocycles. The summed E-state index contributed by atoms with van der Waals surface area (Å²) in [6.45, 7) is 1.28. The number of likely N-dealkylation sites (N-methyl/N-ethyl adjacent to an activating group) is 1. The van der Waals surface area contributed by atoms with Gasteiger partial charge in [-0.3, -0.25) is 9.89 Å². The number of aromatic amines is 1. The molecule has 6 nitrogen and oxygen atoms in total. The molecule has 0 spiro atoms. The number of aliphatic hydroxyl groups excluding tert-OH is 1. The molecule has 21 heavy (non-hydrogen) atoms. The molecule has 1 aromatic carbocycles. The molecule has 1 amide bonds. The number of nitrogens with one attached hydrogen (secondary N) is 1. The molecule has 0 unspecified atom stereocenters. The second-order valence-electron chi connectivity index (χ2n) is 5.80. The summed E-state index contributed by atoms with van der Waals surface area (Å²) in [4.78, 5) is 16.5. The van der Waals surface area contributed by atoms with Gasteiger partial charge in [0.15, 0.2) is 5.69 Å². The Hall–Kier alpha value is -1.92. The highest BCUT2D eigenvalue weighted by atomic mass is 16.3. The summed E-state index contributed by atoms with van der Waals surface area (Å²) in [5, 5.41) is 17.4. The summed E-state index contributed by atoms with van der Waals surface area (Å²) < 4.78 is 0. The fraction of sp³-hybridized carbons (Fsp3) is 0.467. The highest BCUT2D eigenvalue weighted by Gasteiger charge is 2.37. The monoisotopic (exact) mass is 288 g/mol. The van der Waals surface area contributed by atoms with Crippen molar-refractivity contribution in [2.45, 2.75) is 6.04 Å². The quantitative estimate of drug-likeness (QED) is 0.865. The number of hydrogen-bond acceptors (Lipinski definition) is 4. The highest BCUT2D eigenvalue weighted by Crippen LogP contribution is 2.24. The Morgan fingerprint density at radius 1 is 1.43 bits per heavy atom. The Balaban J connectivity index is 1.86. The first-order chi connectivity index (χ1) is 10.1. The molecule has 1 aliphatic rings. The minimum atomic E-state index is -0.0738. The Morgan fingerprint density at radius 3 is 2.86 bits per heavy atom. The van der Waals surface area contributed by atoms with Crippen LogP contribution in [-0.2, 0) is 0 Å². The molecule has 2 aromatic rings. The molecule has 0 aliphatic carbocycles. The molecule has 0 saturated carbocycles. The number of carbonyl (C=O) groups is 1. The van der Waals surface area contributed by atoms with Crippen molar-refractivity contribution in [3.8, 4) is 0 Å². The van der Waals surface area contributed by atoms with Gasteiger partial charge in [-0.2, -0.15) is 5.10 Å². The van der Waals surface area contributed by atoms with Crippen LogP contribution >= 0.6 is 0 Å². The molecule has 6 heteroatoms. The van der Waals surface area contributed by atoms with E-state index in [9.17, 15) is 9.90 Å². The third-order valence-corrected chi connectivity index (χ3v) is 4.26. The van der Waals surface area contributed by atoms with Gasteiger partial charge in [0.25, 0.3) is 5.91 Å². The average molecular weight is 288 g/mol. The van der Waals surface area contributed by atoms with Gasteiger partial charge in [0.2, 0.25) is 0 Å². The van der Waals surface area contributed by atoms with Crippen LogP contribution in [0.25, 0.3) is 10.9 Å². The second-order valence-corrected chi connectivity index (χ2v) is 5.80. The second kappa shape index (κ2) is 5.46. The Bertz CT molecular complexity index is 652. The van der Waals surface area contributed by atoms with E-state index in [2.05, 4.69) is 15.1 Å². The van der Waals surface area contributed by atoms with Crippen molar-refractivity contribution in [1.82, 2.24) is 20.0 Å². The predicted octanol–water partition coefficient (Wildman–Crippen LogP) is 0.557. The number of amides is 1. The first-order valence-corrected chi connectivity index (χ1v) is 7.11. The van der Waals surface area contributed by atoms with Crippen LogP contribution in [0.4, 0.5) is 0 Å². The summed E-state index contributed by atoms with van der Waals surface area (Å²) in [6.07, 6.45) is 0. The van der Waals surface area contributed by atoms with E-state index >= 15 is 0 Å². The molecular formula is C15H20N4O2. The van der Waals surface area contributed by atoms with Gasteiger partial charge in [0.05, 0.1) is 5.52 Å². The van der Waals surface area contributed by atoms with Crippen molar-refractivity contribution in [1.29, 1.82) is 0 Å². The van der Waals surface area contributed by atoms with Gasteiger partial charge in [-0.15, -0.1) is 0 Å². The summed E-state index contributed by atoms with van der Waals surface area (Å²) >= 11 is 0. The average Bonchev–Trinajstić information content (AvgIpc) is 3.10. The zero-order valence-corrected chi connectivity index (χ0v) is 12.3. The number of H-pyrrole nitrogens is 1. The summed E-state index contributed by atoms with van der Waals surface area (Å²) in [5.74, 6) is 0.0180. The van der Waals surface area contributed by atoms with Crippen molar-refractivity contribution in [3.63, 3.8) is 0 Å². The van der Waals surface area contributed by atoms with E-state index in [0.717, 1.165) is 10.9 Å². The molecule has 1 fully saturated rings. The van der Waals surface area contributed by atoms with Gasteiger partial charge in [-0.1, -0.05) is 18.2 Å². The smallest absolute Gasteiger partial charge is 0.275 e.